The zero-order valence-corrected chi connectivity index (χ0v) is 17.3. The minimum absolute atomic E-state index is 0.179. The Morgan fingerprint density at radius 2 is 1.82 bits per heavy atom. The van der Waals surface area contributed by atoms with Crippen molar-refractivity contribution in [3.05, 3.63) is 59.7 Å². The fourth-order valence-electron chi connectivity index (χ4n) is 3.91. The fraction of sp³-hybridized carbons (Fsp3) is 0.409. The Morgan fingerprint density at radius 1 is 1.11 bits per heavy atom. The number of Topliss-reactive ketones (excluding diaryl/α,β-unsaturated/α-hetero) is 1. The topological polar surface area (TPSA) is 72.5 Å². The van der Waals surface area contributed by atoms with Crippen LogP contribution in [-0.2, 0) is 14.6 Å². The number of methoxy groups -OCH3 is 1. The standard InChI is InChI=1S/C22H27NO4S/c1-4-9-19(24)22-18(5-2)23-21(15-10-7-6-8-11-15)17-13-12-16(27-3)14-20(17)28(22,25)26/h6-8,10-14,18,21-23H,4-5,9H2,1-3H3/t18-,21?,22+/m1/s1. The molecule has 5 nitrogen and oxygen atoms in total. The van der Waals surface area contributed by atoms with Crippen molar-refractivity contribution in [3.8, 4) is 5.75 Å². The molecule has 150 valence electrons. The van der Waals surface area contributed by atoms with Crippen LogP contribution in [0.15, 0.2) is 53.4 Å². The molecule has 0 saturated heterocycles. The zero-order chi connectivity index (χ0) is 20.3. The predicted molar refractivity (Wildman–Crippen MR) is 109 cm³/mol. The Morgan fingerprint density at radius 3 is 2.43 bits per heavy atom. The van der Waals surface area contributed by atoms with Gasteiger partial charge in [-0.3, -0.25) is 4.79 Å². The SMILES string of the molecule is CCCC(=O)[C@@H]1[C@@H](CC)NC(c2ccccc2)c2ccc(OC)cc2S1(=O)=O. The molecule has 0 saturated carbocycles. The van der Waals surface area contributed by atoms with E-state index in [2.05, 4.69) is 5.32 Å². The van der Waals surface area contributed by atoms with Crippen LogP contribution >= 0.6 is 0 Å². The molecule has 1 aliphatic heterocycles. The number of fused-ring (bicyclic) bond motifs is 1. The number of sulfone groups is 1. The van der Waals surface area contributed by atoms with Gasteiger partial charge in [0.2, 0.25) is 0 Å². The first-order valence-corrected chi connectivity index (χ1v) is 11.2. The summed E-state index contributed by atoms with van der Waals surface area (Å²) in [5.41, 5.74) is 1.61. The monoisotopic (exact) mass is 401 g/mol. The van der Waals surface area contributed by atoms with E-state index in [1.807, 2.05) is 44.2 Å². The van der Waals surface area contributed by atoms with Crippen LogP contribution in [0.1, 0.15) is 50.3 Å². The molecule has 1 heterocycles. The second-order valence-electron chi connectivity index (χ2n) is 7.11. The molecule has 2 aromatic rings. The van der Waals surface area contributed by atoms with E-state index < -0.39 is 21.1 Å². The Balaban J connectivity index is 2.26. The van der Waals surface area contributed by atoms with Crippen LogP contribution in [0.25, 0.3) is 0 Å². The molecule has 0 amide bonds. The molecule has 0 spiro atoms. The Labute approximate surface area is 167 Å². The lowest BCUT2D eigenvalue weighted by Gasteiger charge is -2.26. The second-order valence-corrected chi connectivity index (χ2v) is 9.15. The van der Waals surface area contributed by atoms with E-state index in [-0.39, 0.29) is 23.1 Å². The van der Waals surface area contributed by atoms with Crippen LogP contribution in [0.4, 0.5) is 0 Å². The molecule has 2 aromatic carbocycles. The van der Waals surface area contributed by atoms with Crippen LogP contribution in [0.5, 0.6) is 5.75 Å². The van der Waals surface area contributed by atoms with Gasteiger partial charge in [0.25, 0.3) is 0 Å². The van der Waals surface area contributed by atoms with E-state index in [1.54, 1.807) is 18.2 Å². The lowest BCUT2D eigenvalue weighted by Crippen LogP contribution is -2.47. The predicted octanol–water partition coefficient (Wildman–Crippen LogP) is 3.68. The third-order valence-corrected chi connectivity index (χ3v) is 7.53. The Hall–Kier alpha value is -2.18. The van der Waals surface area contributed by atoms with Crippen molar-refractivity contribution in [2.24, 2.45) is 0 Å². The summed E-state index contributed by atoms with van der Waals surface area (Å²) in [7, 11) is -2.36. The number of rotatable bonds is 6. The lowest BCUT2D eigenvalue weighted by atomic mass is 9.95. The van der Waals surface area contributed by atoms with Crippen molar-refractivity contribution in [2.45, 2.75) is 55.3 Å². The summed E-state index contributed by atoms with van der Waals surface area (Å²) in [6.45, 7) is 3.80. The zero-order valence-electron chi connectivity index (χ0n) is 16.5. The first-order chi connectivity index (χ1) is 13.4. The molecule has 0 fully saturated rings. The van der Waals surface area contributed by atoms with Gasteiger partial charge in [-0.15, -0.1) is 0 Å². The molecule has 0 aromatic heterocycles. The highest BCUT2D eigenvalue weighted by molar-refractivity contribution is 7.93. The van der Waals surface area contributed by atoms with Gasteiger partial charge in [-0.25, -0.2) is 8.42 Å². The summed E-state index contributed by atoms with van der Waals surface area (Å²) in [6, 6.07) is 14.0. The van der Waals surface area contributed by atoms with Gasteiger partial charge < -0.3 is 10.1 Å². The third-order valence-electron chi connectivity index (χ3n) is 5.31. The lowest BCUT2D eigenvalue weighted by molar-refractivity contribution is -0.119. The molecule has 1 unspecified atom stereocenters. The summed E-state index contributed by atoms with van der Waals surface area (Å²) in [4.78, 5) is 13.1. The van der Waals surface area contributed by atoms with Gasteiger partial charge in [0.05, 0.1) is 18.0 Å². The van der Waals surface area contributed by atoms with Gasteiger partial charge in [-0.05, 0) is 36.1 Å². The summed E-state index contributed by atoms with van der Waals surface area (Å²) in [6.07, 6.45) is 1.40. The van der Waals surface area contributed by atoms with Crippen LogP contribution in [0.3, 0.4) is 0 Å². The average molecular weight is 402 g/mol. The van der Waals surface area contributed by atoms with Crippen LogP contribution in [0, 0.1) is 0 Å². The smallest absolute Gasteiger partial charge is 0.190 e. The Kier molecular flexibility index (Phi) is 6.20. The van der Waals surface area contributed by atoms with Crippen molar-refractivity contribution in [3.63, 3.8) is 0 Å². The van der Waals surface area contributed by atoms with E-state index in [0.29, 0.717) is 24.2 Å². The van der Waals surface area contributed by atoms with Gasteiger partial charge in [-0.2, -0.15) is 0 Å². The molecular formula is C22H27NO4S. The average Bonchev–Trinajstić information content (AvgIpc) is 2.80. The quantitative estimate of drug-likeness (QED) is 0.799. The van der Waals surface area contributed by atoms with Crippen molar-refractivity contribution in [1.82, 2.24) is 5.32 Å². The van der Waals surface area contributed by atoms with Crippen LogP contribution in [-0.4, -0.2) is 32.6 Å². The maximum Gasteiger partial charge on any atom is 0.190 e. The van der Waals surface area contributed by atoms with E-state index in [1.165, 1.54) is 7.11 Å². The minimum Gasteiger partial charge on any atom is -0.497 e. The number of ether oxygens (including phenoxy) is 1. The molecule has 0 radical (unpaired) electrons. The summed E-state index contributed by atoms with van der Waals surface area (Å²) >= 11 is 0. The molecule has 1 aliphatic rings. The van der Waals surface area contributed by atoms with E-state index in [0.717, 1.165) is 5.56 Å². The van der Waals surface area contributed by atoms with Gasteiger partial charge in [0.15, 0.2) is 15.6 Å². The maximum atomic E-state index is 13.6. The highest BCUT2D eigenvalue weighted by Gasteiger charge is 2.44. The van der Waals surface area contributed by atoms with E-state index in [9.17, 15) is 13.2 Å². The molecule has 1 N–H and O–H groups in total. The number of hydrogen-bond acceptors (Lipinski definition) is 5. The summed E-state index contributed by atoms with van der Waals surface area (Å²) in [5, 5.41) is 2.38. The third kappa shape index (κ3) is 3.71. The summed E-state index contributed by atoms with van der Waals surface area (Å²) < 4.78 is 32.6. The largest absolute Gasteiger partial charge is 0.497 e. The number of carbonyl (C=O) groups is 1. The van der Waals surface area contributed by atoms with Crippen LogP contribution < -0.4 is 10.1 Å². The first kappa shape index (κ1) is 20.6. The summed E-state index contributed by atoms with van der Waals surface area (Å²) in [5.74, 6) is 0.232. The van der Waals surface area contributed by atoms with Gasteiger partial charge in [0.1, 0.15) is 11.0 Å². The Bertz CT molecular complexity index is 940. The van der Waals surface area contributed by atoms with Gasteiger partial charge in [-0.1, -0.05) is 50.2 Å². The van der Waals surface area contributed by atoms with Crippen molar-refractivity contribution < 1.29 is 17.9 Å². The fourth-order valence-corrected chi connectivity index (χ4v) is 6.15. The highest BCUT2D eigenvalue weighted by atomic mass is 32.2. The molecule has 3 atom stereocenters. The number of benzene rings is 2. The highest BCUT2D eigenvalue weighted by Crippen LogP contribution is 2.38. The molecule has 0 aliphatic carbocycles. The van der Waals surface area contributed by atoms with E-state index in [4.69, 9.17) is 4.74 Å². The normalized spacial score (nSPS) is 23.5. The van der Waals surface area contributed by atoms with Gasteiger partial charge in [0, 0.05) is 12.5 Å². The molecule has 28 heavy (non-hydrogen) atoms. The molecular weight excluding hydrogens is 374 g/mol. The minimum atomic E-state index is -3.87. The number of hydrogen-bond donors (Lipinski definition) is 1. The van der Waals surface area contributed by atoms with Crippen molar-refractivity contribution >= 4 is 15.6 Å². The molecule has 6 heteroatoms. The van der Waals surface area contributed by atoms with Crippen LogP contribution in [0.2, 0.25) is 0 Å². The maximum absolute atomic E-state index is 13.6. The van der Waals surface area contributed by atoms with E-state index >= 15 is 0 Å². The second kappa shape index (κ2) is 8.45. The van der Waals surface area contributed by atoms with Crippen molar-refractivity contribution in [2.75, 3.05) is 7.11 Å². The first-order valence-electron chi connectivity index (χ1n) is 9.69. The molecule has 3 rings (SSSR count). The number of nitrogens with one attached hydrogen (secondary N) is 1. The number of ketones is 1. The molecule has 0 bridgehead atoms. The number of carbonyl (C=O) groups excluding carboxylic acids is 1. The van der Waals surface area contributed by atoms with Crippen molar-refractivity contribution in [1.29, 1.82) is 0 Å². The van der Waals surface area contributed by atoms with Gasteiger partial charge >= 0.3 is 0 Å².